The van der Waals surface area contributed by atoms with E-state index in [1.807, 2.05) is 60.8 Å². The molecule has 34 heavy (non-hydrogen) atoms. The van der Waals surface area contributed by atoms with Gasteiger partial charge in [0, 0.05) is 23.3 Å². The first kappa shape index (κ1) is 22.0. The lowest BCUT2D eigenvalue weighted by Gasteiger charge is -2.30. The van der Waals surface area contributed by atoms with Crippen molar-refractivity contribution in [2.24, 2.45) is 0 Å². The van der Waals surface area contributed by atoms with Gasteiger partial charge in [0.15, 0.2) is 5.11 Å². The van der Waals surface area contributed by atoms with E-state index in [4.69, 9.17) is 21.7 Å². The van der Waals surface area contributed by atoms with Crippen LogP contribution in [-0.4, -0.2) is 28.9 Å². The molecule has 0 spiro atoms. The van der Waals surface area contributed by atoms with Crippen molar-refractivity contribution in [1.29, 1.82) is 0 Å². The summed E-state index contributed by atoms with van der Waals surface area (Å²) < 4.78 is 13.3. The van der Waals surface area contributed by atoms with Crippen LogP contribution in [0.25, 0.3) is 5.69 Å². The zero-order valence-corrected chi connectivity index (χ0v) is 20.1. The van der Waals surface area contributed by atoms with Crippen molar-refractivity contribution in [1.82, 2.24) is 14.9 Å². The van der Waals surface area contributed by atoms with E-state index in [0.29, 0.717) is 5.11 Å². The first-order valence-electron chi connectivity index (χ1n) is 11.1. The van der Waals surface area contributed by atoms with Crippen LogP contribution in [0.3, 0.4) is 0 Å². The number of nitrogens with zero attached hydrogens (tertiary/aromatic N) is 3. The number of thiocarbonyl (C=S) groups is 1. The van der Waals surface area contributed by atoms with Crippen LogP contribution in [-0.2, 0) is 0 Å². The molecule has 1 aliphatic rings. The van der Waals surface area contributed by atoms with Gasteiger partial charge in [0.25, 0.3) is 0 Å². The van der Waals surface area contributed by atoms with Crippen LogP contribution >= 0.6 is 12.2 Å². The van der Waals surface area contributed by atoms with Gasteiger partial charge in [0.1, 0.15) is 17.5 Å². The third-order valence-corrected chi connectivity index (χ3v) is 6.50. The number of rotatable bonds is 6. The van der Waals surface area contributed by atoms with Crippen LogP contribution in [0.4, 0.5) is 5.69 Å². The fraction of sp³-hybridized carbons (Fsp3) is 0.185. The van der Waals surface area contributed by atoms with Crippen molar-refractivity contribution in [2.75, 3.05) is 19.1 Å². The Hall–Kier alpha value is -3.84. The lowest BCUT2D eigenvalue weighted by Crippen LogP contribution is -2.30. The Morgan fingerprint density at radius 1 is 0.882 bits per heavy atom. The average molecular weight is 471 g/mol. The molecule has 0 saturated carbocycles. The largest absolute Gasteiger partial charge is 0.497 e. The normalized spacial score (nSPS) is 17.5. The summed E-state index contributed by atoms with van der Waals surface area (Å²) in [7, 11) is 3.36. The highest BCUT2D eigenvalue weighted by atomic mass is 32.1. The third-order valence-electron chi connectivity index (χ3n) is 6.18. The summed E-state index contributed by atoms with van der Waals surface area (Å²) in [5, 5.41) is 4.16. The minimum atomic E-state index is -0.158. The van der Waals surface area contributed by atoms with Crippen molar-refractivity contribution in [3.8, 4) is 17.2 Å². The molecule has 5 rings (SSSR count). The number of para-hydroxylation sites is 2. The Bertz CT molecular complexity index is 1300. The Morgan fingerprint density at radius 3 is 2.35 bits per heavy atom. The number of benzene rings is 2. The molecule has 7 heteroatoms. The average Bonchev–Trinajstić information content (AvgIpc) is 3.43. The summed E-state index contributed by atoms with van der Waals surface area (Å²) in [5.41, 5.74) is 5.10. The van der Waals surface area contributed by atoms with Gasteiger partial charge in [-0.3, -0.25) is 4.98 Å². The van der Waals surface area contributed by atoms with E-state index >= 15 is 0 Å². The van der Waals surface area contributed by atoms with Crippen molar-refractivity contribution in [3.05, 3.63) is 102 Å². The number of pyridine rings is 1. The van der Waals surface area contributed by atoms with E-state index in [-0.39, 0.29) is 12.1 Å². The minimum Gasteiger partial charge on any atom is -0.497 e. The molecule has 0 aliphatic carbocycles. The van der Waals surface area contributed by atoms with Gasteiger partial charge in [0.2, 0.25) is 0 Å². The summed E-state index contributed by atoms with van der Waals surface area (Å²) in [5.74, 6) is 1.58. The molecule has 0 radical (unpaired) electrons. The molecule has 0 unspecified atom stereocenters. The van der Waals surface area contributed by atoms with E-state index in [1.165, 1.54) is 0 Å². The first-order valence-corrected chi connectivity index (χ1v) is 11.5. The topological polar surface area (TPSA) is 51.5 Å². The molecular weight excluding hydrogens is 444 g/mol. The van der Waals surface area contributed by atoms with E-state index in [2.05, 4.69) is 51.0 Å². The maximum Gasteiger partial charge on any atom is 0.174 e. The molecule has 2 aromatic carbocycles. The number of aryl methyl sites for hydroxylation is 1. The fourth-order valence-electron chi connectivity index (χ4n) is 4.62. The summed E-state index contributed by atoms with van der Waals surface area (Å²) in [6, 6.07) is 26.0. The van der Waals surface area contributed by atoms with Crippen molar-refractivity contribution in [2.45, 2.75) is 19.0 Å². The molecule has 4 aromatic rings. The number of hydrogen-bond donors (Lipinski definition) is 1. The van der Waals surface area contributed by atoms with Gasteiger partial charge in [-0.05, 0) is 79.8 Å². The van der Waals surface area contributed by atoms with Crippen LogP contribution in [0.2, 0.25) is 0 Å². The standard InChI is InChI=1S/C27H26N4O2S/c1-18-11-16-23(30(18)19-12-14-20(32-2)15-13-19)26-25(21-8-6-7-17-28-21)29-27(34)31(26)22-9-4-5-10-24(22)33-3/h4-17,25-26H,1-3H3,(H,29,34)/t25-,26+/m0/s1. The Kier molecular flexibility index (Phi) is 5.94. The molecule has 1 aliphatic heterocycles. The van der Waals surface area contributed by atoms with Gasteiger partial charge in [-0.25, -0.2) is 0 Å². The molecule has 6 nitrogen and oxygen atoms in total. The number of ether oxygens (including phenoxy) is 2. The van der Waals surface area contributed by atoms with Crippen molar-refractivity contribution < 1.29 is 9.47 Å². The summed E-state index contributed by atoms with van der Waals surface area (Å²) >= 11 is 5.89. The van der Waals surface area contributed by atoms with Gasteiger partial charge in [0.05, 0.1) is 31.6 Å². The molecule has 172 valence electrons. The number of hydrogen-bond acceptors (Lipinski definition) is 4. The second-order valence-electron chi connectivity index (χ2n) is 8.10. The van der Waals surface area contributed by atoms with Gasteiger partial charge >= 0.3 is 0 Å². The van der Waals surface area contributed by atoms with E-state index in [1.54, 1.807) is 14.2 Å². The van der Waals surface area contributed by atoms with Gasteiger partial charge < -0.3 is 24.3 Å². The van der Waals surface area contributed by atoms with E-state index in [9.17, 15) is 0 Å². The van der Waals surface area contributed by atoms with Crippen LogP contribution < -0.4 is 19.7 Å². The number of aromatic nitrogens is 2. The van der Waals surface area contributed by atoms with Crippen molar-refractivity contribution in [3.63, 3.8) is 0 Å². The summed E-state index contributed by atoms with van der Waals surface area (Å²) in [6.45, 7) is 2.11. The molecule has 1 N–H and O–H groups in total. The third kappa shape index (κ3) is 3.78. The van der Waals surface area contributed by atoms with E-state index < -0.39 is 0 Å². The van der Waals surface area contributed by atoms with Crippen LogP contribution in [0.1, 0.15) is 29.2 Å². The molecule has 3 heterocycles. The summed E-state index contributed by atoms with van der Waals surface area (Å²) in [6.07, 6.45) is 1.82. The number of anilines is 1. The second-order valence-corrected chi connectivity index (χ2v) is 8.49. The molecule has 1 saturated heterocycles. The van der Waals surface area contributed by atoms with Gasteiger partial charge in [-0.1, -0.05) is 18.2 Å². The predicted molar refractivity (Wildman–Crippen MR) is 138 cm³/mol. The second kappa shape index (κ2) is 9.19. The maximum absolute atomic E-state index is 5.89. The maximum atomic E-state index is 5.89. The lowest BCUT2D eigenvalue weighted by molar-refractivity contribution is 0.414. The highest BCUT2D eigenvalue weighted by Gasteiger charge is 2.43. The van der Waals surface area contributed by atoms with Crippen LogP contribution in [0, 0.1) is 6.92 Å². The van der Waals surface area contributed by atoms with E-state index in [0.717, 1.165) is 40.0 Å². The number of nitrogens with one attached hydrogen (secondary N) is 1. The predicted octanol–water partition coefficient (Wildman–Crippen LogP) is 5.38. The highest BCUT2D eigenvalue weighted by Crippen LogP contribution is 2.45. The molecule has 2 atom stereocenters. The molecular formula is C27H26N4O2S. The van der Waals surface area contributed by atoms with Crippen LogP contribution in [0.5, 0.6) is 11.5 Å². The fourth-order valence-corrected chi connectivity index (χ4v) is 4.96. The highest BCUT2D eigenvalue weighted by molar-refractivity contribution is 7.80. The molecule has 0 bridgehead atoms. The summed E-state index contributed by atoms with van der Waals surface area (Å²) in [4.78, 5) is 6.81. The Labute approximate surface area is 204 Å². The zero-order chi connectivity index (χ0) is 23.7. The molecule has 2 aromatic heterocycles. The Morgan fingerprint density at radius 2 is 1.65 bits per heavy atom. The number of methoxy groups -OCH3 is 2. The zero-order valence-electron chi connectivity index (χ0n) is 19.3. The first-order chi connectivity index (χ1) is 16.6. The lowest BCUT2D eigenvalue weighted by atomic mass is 10.0. The smallest absolute Gasteiger partial charge is 0.174 e. The molecule has 1 fully saturated rings. The SMILES string of the molecule is COc1ccc(-n2c(C)ccc2[C@@H]2[C@H](c3ccccn3)NC(=S)N2c2ccccc2OC)cc1. The quantitative estimate of drug-likeness (QED) is 0.382. The van der Waals surface area contributed by atoms with Gasteiger partial charge in [-0.2, -0.15) is 0 Å². The van der Waals surface area contributed by atoms with Gasteiger partial charge in [-0.15, -0.1) is 0 Å². The van der Waals surface area contributed by atoms with Crippen molar-refractivity contribution >= 4 is 23.0 Å². The Balaban J connectivity index is 1.70. The van der Waals surface area contributed by atoms with Crippen LogP contribution in [0.15, 0.2) is 85.1 Å². The molecule has 0 amide bonds. The minimum absolute atomic E-state index is 0.148. The monoisotopic (exact) mass is 470 g/mol.